The predicted molar refractivity (Wildman–Crippen MR) is 142 cm³/mol. The third-order valence-electron chi connectivity index (χ3n) is 7.19. The molecule has 4 heterocycles. The third kappa shape index (κ3) is 4.95. The highest BCUT2D eigenvalue weighted by Crippen LogP contribution is 2.37. The molecule has 202 valence electrons. The summed E-state index contributed by atoms with van der Waals surface area (Å²) < 4.78 is 55.7. The van der Waals surface area contributed by atoms with Crippen LogP contribution >= 0.6 is 0 Å². The molecular formula is C27H31FN4O5S. The summed E-state index contributed by atoms with van der Waals surface area (Å²) in [6, 6.07) is 8.08. The smallest absolute Gasteiger partial charge is 0.151 e. The number of benzene rings is 2. The van der Waals surface area contributed by atoms with Gasteiger partial charge >= 0.3 is 0 Å². The molecule has 0 radical (unpaired) electrons. The Labute approximate surface area is 221 Å². The summed E-state index contributed by atoms with van der Waals surface area (Å²) in [7, 11) is -2.20. The minimum absolute atomic E-state index is 0.137. The van der Waals surface area contributed by atoms with Gasteiger partial charge in [0.25, 0.3) is 0 Å². The Morgan fingerprint density at radius 1 is 1.11 bits per heavy atom. The summed E-state index contributed by atoms with van der Waals surface area (Å²) in [4.78, 5) is 8.90. The normalized spacial score (nSPS) is 26.0. The van der Waals surface area contributed by atoms with Gasteiger partial charge in [-0.3, -0.25) is 0 Å². The number of halogens is 1. The lowest BCUT2D eigenvalue weighted by Crippen LogP contribution is -2.35. The Morgan fingerprint density at radius 3 is 2.66 bits per heavy atom. The van der Waals surface area contributed by atoms with Crippen LogP contribution in [0.4, 0.5) is 21.6 Å². The topological polar surface area (TPSA) is 104 Å². The van der Waals surface area contributed by atoms with E-state index in [0.29, 0.717) is 59.8 Å². The van der Waals surface area contributed by atoms with Gasteiger partial charge < -0.3 is 24.3 Å². The summed E-state index contributed by atoms with van der Waals surface area (Å²) in [6.07, 6.45) is 2.31. The van der Waals surface area contributed by atoms with Crippen LogP contribution in [0.15, 0.2) is 41.0 Å². The van der Waals surface area contributed by atoms with E-state index in [1.807, 2.05) is 26.0 Å². The summed E-state index contributed by atoms with van der Waals surface area (Å²) in [5.74, 6) is 1.74. The fourth-order valence-electron chi connectivity index (χ4n) is 5.44. The Kier molecular flexibility index (Phi) is 6.93. The van der Waals surface area contributed by atoms with Crippen LogP contribution in [0.3, 0.4) is 0 Å². The number of rotatable bonds is 7. The van der Waals surface area contributed by atoms with Crippen molar-refractivity contribution in [1.82, 2.24) is 9.97 Å². The molecule has 3 aromatic rings. The van der Waals surface area contributed by atoms with Crippen molar-refractivity contribution in [3.8, 4) is 5.75 Å². The molecule has 3 fully saturated rings. The van der Waals surface area contributed by atoms with E-state index < -0.39 is 21.7 Å². The van der Waals surface area contributed by atoms with Gasteiger partial charge in [0.05, 0.1) is 39.8 Å². The van der Waals surface area contributed by atoms with Gasteiger partial charge in [-0.25, -0.2) is 18.6 Å². The molecule has 0 bridgehead atoms. The second-order valence-electron chi connectivity index (χ2n) is 9.87. The van der Waals surface area contributed by atoms with E-state index in [1.54, 1.807) is 6.07 Å². The van der Waals surface area contributed by atoms with Gasteiger partial charge in [0.2, 0.25) is 0 Å². The van der Waals surface area contributed by atoms with Crippen LogP contribution in [-0.2, 0) is 23.9 Å². The first-order valence-electron chi connectivity index (χ1n) is 13.0. The molecule has 9 nitrogen and oxygen atoms in total. The number of aryl methyl sites for hydroxylation is 1. The second-order valence-corrected chi connectivity index (χ2v) is 12.4. The molecule has 0 spiro atoms. The van der Waals surface area contributed by atoms with Gasteiger partial charge in [0, 0.05) is 29.6 Å². The maximum atomic E-state index is 14.3. The Hall–Kier alpha value is -2.86. The van der Waals surface area contributed by atoms with Gasteiger partial charge in [-0.2, -0.15) is 4.36 Å². The number of aromatic nitrogens is 2. The third-order valence-corrected chi connectivity index (χ3v) is 9.58. The molecule has 4 atom stereocenters. The Morgan fingerprint density at radius 2 is 1.87 bits per heavy atom. The standard InChI is InChI=1S/C27H31FN4O5S/c1-3-34-22-13-35-26-23(14-36-25(22)26)37-21-11-17(28)6-7-19(21)31-27-24-16(2)10-18(12-20(24)29-15-30-27)32-38(33)8-4-5-9-38/h6-7,10-12,15,22-23,25-26H,3-5,8-9,13-14H2,1-2H3,(H,29,30,31)/t22-,23-,25-,26-/m1/s1. The van der Waals surface area contributed by atoms with E-state index in [4.69, 9.17) is 18.9 Å². The van der Waals surface area contributed by atoms with Gasteiger partial charge in [0.15, 0.2) is 6.10 Å². The fourth-order valence-corrected chi connectivity index (χ4v) is 7.62. The lowest BCUT2D eigenvalue weighted by Gasteiger charge is -2.21. The molecule has 0 aliphatic carbocycles. The first-order chi connectivity index (χ1) is 18.4. The molecule has 3 aliphatic heterocycles. The number of nitrogens with zero attached hydrogens (tertiary/aromatic N) is 3. The summed E-state index contributed by atoms with van der Waals surface area (Å²) in [5.41, 5.74) is 2.79. The van der Waals surface area contributed by atoms with Crippen LogP contribution in [-0.4, -0.2) is 69.9 Å². The average Bonchev–Trinajstić information content (AvgIpc) is 3.59. The van der Waals surface area contributed by atoms with Crippen LogP contribution < -0.4 is 10.1 Å². The Balaban J connectivity index is 1.28. The van der Waals surface area contributed by atoms with Crippen molar-refractivity contribution in [2.45, 2.75) is 51.1 Å². The SMILES string of the molecule is CCO[C@@H]1CO[C@H]2[C@@H]1OC[C@H]2Oc1cc(F)ccc1Nc1ncnc2cc(N=S3(=O)CCCC3)cc(C)c12. The fraction of sp³-hybridized carbons (Fsp3) is 0.481. The van der Waals surface area contributed by atoms with Gasteiger partial charge in [-0.1, -0.05) is 0 Å². The Bertz CT molecular complexity index is 1470. The van der Waals surface area contributed by atoms with Crippen molar-refractivity contribution in [2.24, 2.45) is 4.36 Å². The molecule has 0 saturated carbocycles. The van der Waals surface area contributed by atoms with E-state index in [9.17, 15) is 8.60 Å². The highest BCUT2D eigenvalue weighted by molar-refractivity contribution is 7.93. The van der Waals surface area contributed by atoms with Crippen LogP contribution in [0.5, 0.6) is 5.75 Å². The van der Waals surface area contributed by atoms with Crippen LogP contribution in [0.2, 0.25) is 0 Å². The number of hydrogen-bond acceptors (Lipinski definition) is 9. The molecule has 0 unspecified atom stereocenters. The zero-order valence-corrected chi connectivity index (χ0v) is 22.2. The van der Waals surface area contributed by atoms with Crippen molar-refractivity contribution < 1.29 is 27.5 Å². The van der Waals surface area contributed by atoms with Crippen LogP contribution in [0.1, 0.15) is 25.3 Å². The van der Waals surface area contributed by atoms with Crippen LogP contribution in [0.25, 0.3) is 10.9 Å². The minimum Gasteiger partial charge on any atom is -0.483 e. The lowest BCUT2D eigenvalue weighted by molar-refractivity contribution is -0.0309. The number of fused-ring (bicyclic) bond motifs is 2. The van der Waals surface area contributed by atoms with Gasteiger partial charge in [0.1, 0.15) is 42.0 Å². The lowest BCUT2D eigenvalue weighted by atomic mass is 10.1. The summed E-state index contributed by atoms with van der Waals surface area (Å²) in [5, 5.41) is 4.11. The van der Waals surface area contributed by atoms with E-state index in [-0.39, 0.29) is 18.3 Å². The number of hydrogen-bond donors (Lipinski definition) is 1. The van der Waals surface area contributed by atoms with Gasteiger partial charge in [-0.15, -0.1) is 0 Å². The molecule has 3 aliphatic rings. The molecule has 11 heteroatoms. The van der Waals surface area contributed by atoms with Crippen molar-refractivity contribution in [3.63, 3.8) is 0 Å². The van der Waals surface area contributed by atoms with Gasteiger partial charge in [-0.05, 0) is 56.5 Å². The maximum absolute atomic E-state index is 14.3. The average molecular weight is 543 g/mol. The quantitative estimate of drug-likeness (QED) is 0.460. The van der Waals surface area contributed by atoms with E-state index in [0.717, 1.165) is 23.8 Å². The van der Waals surface area contributed by atoms with E-state index in [2.05, 4.69) is 19.6 Å². The second kappa shape index (κ2) is 10.4. The molecule has 3 saturated heterocycles. The number of nitrogens with one attached hydrogen (secondary N) is 1. The van der Waals surface area contributed by atoms with Crippen LogP contribution in [0, 0.1) is 12.7 Å². The molecule has 2 aromatic carbocycles. The summed E-state index contributed by atoms with van der Waals surface area (Å²) >= 11 is 0. The largest absolute Gasteiger partial charge is 0.483 e. The maximum Gasteiger partial charge on any atom is 0.151 e. The van der Waals surface area contributed by atoms with Crippen molar-refractivity contribution in [2.75, 3.05) is 36.6 Å². The number of ether oxygens (including phenoxy) is 4. The summed E-state index contributed by atoms with van der Waals surface area (Å²) in [6.45, 7) is 5.21. The number of anilines is 2. The molecule has 0 amide bonds. The highest BCUT2D eigenvalue weighted by atomic mass is 32.2. The zero-order valence-electron chi connectivity index (χ0n) is 21.4. The van der Waals surface area contributed by atoms with Crippen molar-refractivity contribution in [3.05, 3.63) is 48.0 Å². The first kappa shape index (κ1) is 25.4. The monoisotopic (exact) mass is 542 g/mol. The highest BCUT2D eigenvalue weighted by Gasteiger charge is 2.49. The predicted octanol–water partition coefficient (Wildman–Crippen LogP) is 4.66. The molecule has 1 aromatic heterocycles. The molecule has 6 rings (SSSR count). The molecule has 1 N–H and O–H groups in total. The molecular weight excluding hydrogens is 511 g/mol. The first-order valence-corrected chi connectivity index (χ1v) is 14.8. The van der Waals surface area contributed by atoms with E-state index >= 15 is 0 Å². The zero-order chi connectivity index (χ0) is 26.3. The van der Waals surface area contributed by atoms with Crippen molar-refractivity contribution >= 4 is 37.8 Å². The molecule has 38 heavy (non-hydrogen) atoms. The van der Waals surface area contributed by atoms with E-state index in [1.165, 1.54) is 18.5 Å². The minimum atomic E-state index is -2.20. The van der Waals surface area contributed by atoms with Crippen molar-refractivity contribution in [1.29, 1.82) is 0 Å².